The Hall–Kier alpha value is -1.40. The molecule has 156 valence electrons. The van der Waals surface area contributed by atoms with E-state index in [-0.39, 0.29) is 16.8 Å². The molecule has 0 bridgehead atoms. The summed E-state index contributed by atoms with van der Waals surface area (Å²) in [6.45, 7) is 5.29. The lowest BCUT2D eigenvalue weighted by Gasteiger charge is -2.34. The van der Waals surface area contributed by atoms with Gasteiger partial charge < -0.3 is 4.90 Å². The lowest BCUT2D eigenvalue weighted by molar-refractivity contribution is 0.0717. The number of hydrogen-bond acceptors (Lipinski definition) is 3. The predicted octanol–water partition coefficient (Wildman–Crippen LogP) is 4.15. The third kappa shape index (κ3) is 4.77. The number of carbonyl (C=O) groups excluding carboxylic acids is 1. The molecule has 28 heavy (non-hydrogen) atoms. The first-order chi connectivity index (χ1) is 13.3. The second-order valence-corrected chi connectivity index (χ2v) is 10.8. The van der Waals surface area contributed by atoms with Crippen LogP contribution in [0.5, 0.6) is 0 Å². The Morgan fingerprint density at radius 3 is 2.25 bits per heavy atom. The van der Waals surface area contributed by atoms with Gasteiger partial charge in [-0.05, 0) is 49.3 Å². The first-order valence-electron chi connectivity index (χ1n) is 10.7. The summed E-state index contributed by atoms with van der Waals surface area (Å²) in [7, 11) is -1.72. The Balaban J connectivity index is 1.80. The van der Waals surface area contributed by atoms with Gasteiger partial charge in [-0.2, -0.15) is 4.31 Å². The SMILES string of the molecule is C[C@@H]1C[C@@H](C)CN(S(=O)(=O)c2cccc(C(=O)N(C)C3CCCCCC3)c2)C1. The molecule has 0 radical (unpaired) electrons. The molecule has 1 heterocycles. The van der Waals surface area contributed by atoms with Crippen molar-refractivity contribution in [3.8, 4) is 0 Å². The van der Waals surface area contributed by atoms with E-state index in [1.54, 1.807) is 28.6 Å². The van der Waals surface area contributed by atoms with Crippen molar-refractivity contribution < 1.29 is 13.2 Å². The van der Waals surface area contributed by atoms with E-state index in [2.05, 4.69) is 13.8 Å². The molecule has 0 spiro atoms. The highest BCUT2D eigenvalue weighted by Crippen LogP contribution is 2.28. The summed E-state index contributed by atoms with van der Waals surface area (Å²) in [6.07, 6.45) is 7.90. The third-order valence-electron chi connectivity index (χ3n) is 6.25. The van der Waals surface area contributed by atoms with Crippen LogP contribution in [0.3, 0.4) is 0 Å². The molecule has 2 aliphatic rings. The first-order valence-corrected chi connectivity index (χ1v) is 12.1. The zero-order valence-electron chi connectivity index (χ0n) is 17.4. The lowest BCUT2D eigenvalue weighted by Crippen LogP contribution is -2.42. The molecule has 1 amide bonds. The van der Waals surface area contributed by atoms with Crippen molar-refractivity contribution >= 4 is 15.9 Å². The minimum Gasteiger partial charge on any atom is -0.339 e. The number of carbonyl (C=O) groups is 1. The Kier molecular flexibility index (Phi) is 6.81. The van der Waals surface area contributed by atoms with Crippen molar-refractivity contribution in [1.29, 1.82) is 0 Å². The van der Waals surface area contributed by atoms with E-state index < -0.39 is 10.0 Å². The van der Waals surface area contributed by atoms with Gasteiger partial charge in [0.25, 0.3) is 5.91 Å². The van der Waals surface area contributed by atoms with E-state index in [9.17, 15) is 13.2 Å². The highest BCUT2D eigenvalue weighted by Gasteiger charge is 2.32. The van der Waals surface area contributed by atoms with Gasteiger partial charge >= 0.3 is 0 Å². The maximum atomic E-state index is 13.2. The molecule has 1 aromatic rings. The largest absolute Gasteiger partial charge is 0.339 e. The fourth-order valence-corrected chi connectivity index (χ4v) is 6.48. The Morgan fingerprint density at radius 2 is 1.64 bits per heavy atom. The van der Waals surface area contributed by atoms with Crippen LogP contribution in [0.15, 0.2) is 29.2 Å². The molecule has 1 saturated carbocycles. The van der Waals surface area contributed by atoms with Crippen LogP contribution in [-0.4, -0.2) is 49.7 Å². The zero-order chi connectivity index (χ0) is 20.3. The van der Waals surface area contributed by atoms with Crippen molar-refractivity contribution in [3.05, 3.63) is 29.8 Å². The quantitative estimate of drug-likeness (QED) is 0.706. The zero-order valence-corrected chi connectivity index (χ0v) is 18.2. The maximum Gasteiger partial charge on any atom is 0.253 e. The summed E-state index contributed by atoms with van der Waals surface area (Å²) in [5.41, 5.74) is 0.464. The van der Waals surface area contributed by atoms with Crippen molar-refractivity contribution in [2.45, 2.75) is 69.7 Å². The van der Waals surface area contributed by atoms with Crippen molar-refractivity contribution in [2.24, 2.45) is 11.8 Å². The van der Waals surface area contributed by atoms with Crippen LogP contribution in [0.1, 0.15) is 69.2 Å². The average molecular weight is 407 g/mol. The van der Waals surface area contributed by atoms with E-state index in [1.165, 1.54) is 12.8 Å². The number of amides is 1. The fraction of sp³-hybridized carbons (Fsp3) is 0.682. The second kappa shape index (κ2) is 8.95. The highest BCUT2D eigenvalue weighted by molar-refractivity contribution is 7.89. The van der Waals surface area contributed by atoms with Gasteiger partial charge in [0.1, 0.15) is 0 Å². The second-order valence-electron chi connectivity index (χ2n) is 8.86. The van der Waals surface area contributed by atoms with Crippen LogP contribution >= 0.6 is 0 Å². The van der Waals surface area contributed by atoms with Crippen LogP contribution in [0.4, 0.5) is 0 Å². The summed E-state index contributed by atoms with van der Waals surface area (Å²) >= 11 is 0. The Labute approximate surface area is 170 Å². The topological polar surface area (TPSA) is 57.7 Å². The van der Waals surface area contributed by atoms with E-state index in [4.69, 9.17) is 0 Å². The molecule has 2 fully saturated rings. The number of hydrogen-bond donors (Lipinski definition) is 0. The number of sulfonamides is 1. The smallest absolute Gasteiger partial charge is 0.253 e. The molecular formula is C22H34N2O3S. The minimum absolute atomic E-state index is 0.0793. The van der Waals surface area contributed by atoms with Gasteiger partial charge in [0.15, 0.2) is 0 Å². The van der Waals surface area contributed by atoms with Crippen LogP contribution in [0.2, 0.25) is 0 Å². The minimum atomic E-state index is -3.58. The van der Waals surface area contributed by atoms with Gasteiger partial charge in [0.2, 0.25) is 10.0 Å². The number of rotatable bonds is 4. The third-order valence-corrected chi connectivity index (χ3v) is 8.07. The van der Waals surface area contributed by atoms with Crippen molar-refractivity contribution in [3.63, 3.8) is 0 Å². The molecular weight excluding hydrogens is 372 g/mol. The first kappa shape index (κ1) is 21.3. The van der Waals surface area contributed by atoms with Crippen LogP contribution in [0.25, 0.3) is 0 Å². The standard InChI is InChI=1S/C22H34N2O3S/c1-17-13-18(2)16-24(15-17)28(26,27)21-12-8-9-19(14-21)22(25)23(3)20-10-6-4-5-7-11-20/h8-9,12,14,17-18,20H,4-7,10-11,13,15-16H2,1-3H3/t17-,18-/m1/s1. The Bertz CT molecular complexity index is 775. The maximum absolute atomic E-state index is 13.2. The summed E-state index contributed by atoms with van der Waals surface area (Å²) in [5, 5.41) is 0. The summed E-state index contributed by atoms with van der Waals surface area (Å²) in [5.74, 6) is 0.624. The molecule has 1 aromatic carbocycles. The van der Waals surface area contributed by atoms with E-state index in [0.717, 1.165) is 32.1 Å². The van der Waals surface area contributed by atoms with Gasteiger partial charge in [-0.25, -0.2) is 8.42 Å². The van der Waals surface area contributed by atoms with E-state index in [1.807, 2.05) is 11.9 Å². The highest BCUT2D eigenvalue weighted by atomic mass is 32.2. The molecule has 0 aromatic heterocycles. The monoisotopic (exact) mass is 406 g/mol. The van der Waals surface area contributed by atoms with Crippen molar-refractivity contribution in [2.75, 3.05) is 20.1 Å². The fourth-order valence-electron chi connectivity index (χ4n) is 4.76. The van der Waals surface area contributed by atoms with Crippen LogP contribution in [0, 0.1) is 11.8 Å². The molecule has 6 heteroatoms. The molecule has 2 atom stereocenters. The van der Waals surface area contributed by atoms with Gasteiger partial charge in [0.05, 0.1) is 4.90 Å². The molecule has 1 aliphatic heterocycles. The molecule has 5 nitrogen and oxygen atoms in total. The Morgan fingerprint density at radius 1 is 1.04 bits per heavy atom. The van der Waals surface area contributed by atoms with Gasteiger partial charge in [-0.3, -0.25) is 4.79 Å². The summed E-state index contributed by atoms with van der Waals surface area (Å²) in [4.78, 5) is 15.1. The number of benzene rings is 1. The predicted molar refractivity (Wildman–Crippen MR) is 112 cm³/mol. The molecule has 1 aliphatic carbocycles. The molecule has 3 rings (SSSR count). The summed E-state index contributed by atoms with van der Waals surface area (Å²) in [6, 6.07) is 6.85. The van der Waals surface area contributed by atoms with Crippen LogP contribution in [-0.2, 0) is 10.0 Å². The van der Waals surface area contributed by atoms with Crippen molar-refractivity contribution in [1.82, 2.24) is 9.21 Å². The lowest BCUT2D eigenvalue weighted by atomic mass is 9.94. The molecule has 0 unspecified atom stereocenters. The van der Waals surface area contributed by atoms with E-state index >= 15 is 0 Å². The van der Waals surface area contributed by atoms with Gasteiger partial charge in [-0.15, -0.1) is 0 Å². The molecule has 0 N–H and O–H groups in total. The van der Waals surface area contributed by atoms with Crippen LogP contribution < -0.4 is 0 Å². The average Bonchev–Trinajstić information content (AvgIpc) is 2.95. The normalized spacial score (nSPS) is 25.2. The van der Waals surface area contributed by atoms with Gasteiger partial charge in [-0.1, -0.05) is 45.6 Å². The summed E-state index contributed by atoms with van der Waals surface area (Å²) < 4.78 is 27.9. The molecule has 1 saturated heterocycles. The number of nitrogens with zero attached hydrogens (tertiary/aromatic N) is 2. The van der Waals surface area contributed by atoms with E-state index in [0.29, 0.717) is 30.5 Å². The number of piperidine rings is 1. The van der Waals surface area contributed by atoms with Gasteiger partial charge in [0, 0.05) is 31.7 Å².